The number of likely N-dealkylation sites (tertiary alicyclic amines) is 1. The number of hydrogen-bond acceptors (Lipinski definition) is 6. The van der Waals surface area contributed by atoms with E-state index in [2.05, 4.69) is 13.8 Å². The first kappa shape index (κ1) is 23.9. The van der Waals surface area contributed by atoms with E-state index in [-0.39, 0.29) is 18.1 Å². The van der Waals surface area contributed by atoms with Crippen LogP contribution in [0.25, 0.3) is 0 Å². The van der Waals surface area contributed by atoms with Crippen LogP contribution < -0.4 is 18.9 Å². The van der Waals surface area contributed by atoms with Crippen molar-refractivity contribution in [1.82, 2.24) is 4.90 Å². The fourth-order valence-electron chi connectivity index (χ4n) is 4.84. The molecule has 1 fully saturated rings. The van der Waals surface area contributed by atoms with Crippen LogP contribution in [0.2, 0.25) is 0 Å². The Balaban J connectivity index is 1.45. The first-order valence-corrected chi connectivity index (χ1v) is 11.8. The Morgan fingerprint density at radius 2 is 1.71 bits per heavy atom. The summed E-state index contributed by atoms with van der Waals surface area (Å²) in [6, 6.07) is 11.3. The maximum absolute atomic E-state index is 13.2. The highest BCUT2D eigenvalue weighted by Crippen LogP contribution is 2.47. The number of carbonyl (C=O) groups is 2. The summed E-state index contributed by atoms with van der Waals surface area (Å²) < 4.78 is 23.4. The van der Waals surface area contributed by atoms with E-state index in [1.165, 1.54) is 7.11 Å². The van der Waals surface area contributed by atoms with Crippen LogP contribution in [-0.2, 0) is 4.79 Å². The molecule has 0 aromatic heterocycles. The number of ether oxygens (including phenoxy) is 4. The maximum atomic E-state index is 13.2. The molecule has 0 saturated carbocycles. The molecular formula is C27H33NO6. The predicted molar refractivity (Wildman–Crippen MR) is 128 cm³/mol. The van der Waals surface area contributed by atoms with E-state index in [4.69, 9.17) is 18.9 Å². The second-order valence-electron chi connectivity index (χ2n) is 9.34. The van der Waals surface area contributed by atoms with Gasteiger partial charge in [-0.3, -0.25) is 9.59 Å². The molecule has 2 aromatic carbocycles. The van der Waals surface area contributed by atoms with Crippen LogP contribution in [-0.4, -0.2) is 55.6 Å². The number of benzene rings is 2. The van der Waals surface area contributed by atoms with E-state index in [1.807, 2.05) is 24.3 Å². The quantitative estimate of drug-likeness (QED) is 0.617. The monoisotopic (exact) mass is 467 g/mol. The zero-order valence-electron chi connectivity index (χ0n) is 20.6. The standard InChI is InChI=1S/C27H33NO6/c1-17(2)19-8-6-7-9-22(19)33-18(3)26(30)28-14-12-27(13-15-28)16-21(29)20-10-11-23(31-4)25(32-5)24(20)34-27/h6-11,17-18H,12-16H2,1-5H3. The van der Waals surface area contributed by atoms with E-state index < -0.39 is 11.7 Å². The number of Topliss-reactive ketones (excluding diaryl/α,β-unsaturated/α-hetero) is 1. The van der Waals surface area contributed by atoms with Gasteiger partial charge in [0.05, 0.1) is 26.2 Å². The molecule has 7 heteroatoms. The van der Waals surface area contributed by atoms with E-state index in [0.717, 1.165) is 11.3 Å². The van der Waals surface area contributed by atoms with Gasteiger partial charge < -0.3 is 23.8 Å². The second-order valence-corrected chi connectivity index (χ2v) is 9.34. The molecule has 1 spiro atoms. The Hall–Kier alpha value is -3.22. The average Bonchev–Trinajstić information content (AvgIpc) is 2.83. The van der Waals surface area contributed by atoms with Gasteiger partial charge in [-0.25, -0.2) is 0 Å². The second kappa shape index (κ2) is 9.57. The maximum Gasteiger partial charge on any atom is 0.263 e. The molecule has 34 heavy (non-hydrogen) atoms. The summed E-state index contributed by atoms with van der Waals surface area (Å²) in [4.78, 5) is 27.9. The molecule has 0 aliphatic carbocycles. The Morgan fingerprint density at radius 1 is 1.00 bits per heavy atom. The van der Waals surface area contributed by atoms with E-state index in [9.17, 15) is 9.59 Å². The molecule has 1 atom stereocenters. The SMILES string of the molecule is COc1ccc2c(c1OC)OC1(CCN(C(=O)C(C)Oc3ccccc3C(C)C)CC1)CC2=O. The fraction of sp³-hybridized carbons (Fsp3) is 0.481. The third-order valence-corrected chi connectivity index (χ3v) is 6.78. The number of para-hydroxylation sites is 1. The lowest BCUT2D eigenvalue weighted by Crippen LogP contribution is -2.54. The minimum absolute atomic E-state index is 0.0176. The third kappa shape index (κ3) is 4.43. The highest BCUT2D eigenvalue weighted by Gasteiger charge is 2.45. The number of amides is 1. The lowest BCUT2D eigenvalue weighted by Gasteiger charge is -2.44. The van der Waals surface area contributed by atoms with Crippen molar-refractivity contribution in [2.75, 3.05) is 27.3 Å². The van der Waals surface area contributed by atoms with E-state index >= 15 is 0 Å². The van der Waals surface area contributed by atoms with Crippen molar-refractivity contribution in [3.63, 3.8) is 0 Å². The van der Waals surface area contributed by atoms with Crippen LogP contribution in [0.15, 0.2) is 36.4 Å². The van der Waals surface area contributed by atoms with Gasteiger partial charge in [-0.2, -0.15) is 0 Å². The summed E-state index contributed by atoms with van der Waals surface area (Å²) >= 11 is 0. The normalized spacial score (nSPS) is 17.7. The molecule has 0 N–H and O–H groups in total. The van der Waals surface area contributed by atoms with Gasteiger partial charge >= 0.3 is 0 Å². The van der Waals surface area contributed by atoms with Crippen LogP contribution in [0, 0.1) is 0 Å². The Bertz CT molecular complexity index is 1070. The number of ketones is 1. The van der Waals surface area contributed by atoms with Crippen molar-refractivity contribution in [3.8, 4) is 23.0 Å². The first-order valence-electron chi connectivity index (χ1n) is 11.8. The van der Waals surface area contributed by atoms with Crippen LogP contribution in [0.5, 0.6) is 23.0 Å². The smallest absolute Gasteiger partial charge is 0.263 e. The van der Waals surface area contributed by atoms with E-state index in [1.54, 1.807) is 31.1 Å². The molecule has 2 aromatic rings. The van der Waals surface area contributed by atoms with Gasteiger partial charge in [0, 0.05) is 25.9 Å². The molecule has 1 unspecified atom stereocenters. The molecule has 1 amide bonds. The van der Waals surface area contributed by atoms with Gasteiger partial charge in [0.15, 0.2) is 23.4 Å². The molecule has 1 saturated heterocycles. The lowest BCUT2D eigenvalue weighted by molar-refractivity contribution is -0.141. The van der Waals surface area contributed by atoms with Gasteiger partial charge in [-0.05, 0) is 36.6 Å². The van der Waals surface area contributed by atoms with Crippen molar-refractivity contribution >= 4 is 11.7 Å². The Labute approximate surface area is 200 Å². The predicted octanol–water partition coefficient (Wildman–Crippen LogP) is 4.62. The number of methoxy groups -OCH3 is 2. The van der Waals surface area contributed by atoms with Crippen molar-refractivity contribution in [2.24, 2.45) is 0 Å². The van der Waals surface area contributed by atoms with Crippen molar-refractivity contribution < 1.29 is 28.5 Å². The summed E-state index contributed by atoms with van der Waals surface area (Å²) in [5.41, 5.74) is 0.930. The molecule has 2 aliphatic heterocycles. The average molecular weight is 468 g/mol. The van der Waals surface area contributed by atoms with Gasteiger partial charge in [-0.15, -0.1) is 0 Å². The summed E-state index contributed by atoms with van der Waals surface area (Å²) in [5.74, 6) is 2.38. The Kier molecular flexibility index (Phi) is 6.73. The number of fused-ring (bicyclic) bond motifs is 1. The zero-order valence-corrected chi connectivity index (χ0v) is 20.6. The molecule has 0 radical (unpaired) electrons. The van der Waals surface area contributed by atoms with Gasteiger partial charge in [0.2, 0.25) is 5.75 Å². The van der Waals surface area contributed by atoms with Crippen LogP contribution in [0.3, 0.4) is 0 Å². The molecular weight excluding hydrogens is 434 g/mol. The van der Waals surface area contributed by atoms with Crippen molar-refractivity contribution in [2.45, 2.75) is 57.7 Å². The molecule has 2 heterocycles. The third-order valence-electron chi connectivity index (χ3n) is 6.78. The molecule has 0 bridgehead atoms. The number of rotatable bonds is 6. The van der Waals surface area contributed by atoms with Crippen molar-refractivity contribution in [3.05, 3.63) is 47.5 Å². The number of nitrogens with zero attached hydrogens (tertiary/aromatic N) is 1. The van der Waals surface area contributed by atoms with Crippen molar-refractivity contribution in [1.29, 1.82) is 0 Å². The number of carbonyl (C=O) groups excluding carboxylic acids is 2. The number of piperidine rings is 1. The fourth-order valence-corrected chi connectivity index (χ4v) is 4.84. The molecule has 182 valence electrons. The highest BCUT2D eigenvalue weighted by atomic mass is 16.5. The summed E-state index contributed by atoms with van der Waals surface area (Å²) in [6.45, 7) is 6.98. The molecule has 4 rings (SSSR count). The molecule has 7 nitrogen and oxygen atoms in total. The van der Waals surface area contributed by atoms with Crippen LogP contribution in [0.1, 0.15) is 61.9 Å². The van der Waals surface area contributed by atoms with Gasteiger partial charge in [0.25, 0.3) is 5.91 Å². The minimum Gasteiger partial charge on any atom is -0.493 e. The van der Waals surface area contributed by atoms with E-state index in [0.29, 0.717) is 54.7 Å². The Morgan fingerprint density at radius 3 is 2.35 bits per heavy atom. The summed E-state index contributed by atoms with van der Waals surface area (Å²) in [6.07, 6.45) is 0.790. The topological polar surface area (TPSA) is 74.3 Å². The van der Waals surface area contributed by atoms with Crippen LogP contribution in [0.4, 0.5) is 0 Å². The summed E-state index contributed by atoms with van der Waals surface area (Å²) in [5, 5.41) is 0. The largest absolute Gasteiger partial charge is 0.493 e. The van der Waals surface area contributed by atoms with Gasteiger partial charge in [0.1, 0.15) is 11.4 Å². The first-order chi connectivity index (χ1) is 16.3. The lowest BCUT2D eigenvalue weighted by atomic mass is 9.82. The highest BCUT2D eigenvalue weighted by molar-refractivity contribution is 6.01. The number of hydrogen-bond donors (Lipinski definition) is 0. The van der Waals surface area contributed by atoms with Gasteiger partial charge in [-0.1, -0.05) is 32.0 Å². The van der Waals surface area contributed by atoms with Crippen LogP contribution >= 0.6 is 0 Å². The molecule has 2 aliphatic rings. The minimum atomic E-state index is -0.658. The zero-order chi connectivity index (χ0) is 24.5. The summed E-state index contributed by atoms with van der Waals surface area (Å²) in [7, 11) is 3.09.